The Morgan fingerprint density at radius 2 is 2.10 bits per heavy atom. The van der Waals surface area contributed by atoms with Crippen molar-refractivity contribution in [2.45, 2.75) is 19.0 Å². The molecule has 0 aromatic heterocycles. The van der Waals surface area contributed by atoms with Gasteiger partial charge in [0.15, 0.2) is 11.5 Å². The van der Waals surface area contributed by atoms with Crippen LogP contribution in [0.3, 0.4) is 0 Å². The van der Waals surface area contributed by atoms with Crippen molar-refractivity contribution < 1.29 is 9.47 Å². The summed E-state index contributed by atoms with van der Waals surface area (Å²) in [5.41, 5.74) is 1.06. The third kappa shape index (κ3) is 3.37. The highest BCUT2D eigenvalue weighted by molar-refractivity contribution is 6.30. The Morgan fingerprint density at radius 3 is 2.65 bits per heavy atom. The number of rotatable bonds is 5. The molecule has 4 nitrogen and oxygen atoms in total. The number of nitrogens with zero attached hydrogens (tertiary/aromatic N) is 2. The summed E-state index contributed by atoms with van der Waals surface area (Å²) in [6, 6.07) is 4.32. The number of likely N-dealkylation sites (tertiary alicyclic amines) is 1. The molecule has 1 heterocycles. The van der Waals surface area contributed by atoms with Gasteiger partial charge in [0.2, 0.25) is 0 Å². The monoisotopic (exact) mass is 298 g/mol. The second kappa shape index (κ2) is 6.66. The van der Waals surface area contributed by atoms with E-state index in [9.17, 15) is 0 Å². The van der Waals surface area contributed by atoms with Crippen LogP contribution in [-0.4, -0.2) is 57.2 Å². The predicted molar refractivity (Wildman–Crippen MR) is 81.9 cm³/mol. The average Bonchev–Trinajstić information content (AvgIpc) is 2.84. The first-order valence-electron chi connectivity index (χ1n) is 6.84. The quantitative estimate of drug-likeness (QED) is 0.834. The van der Waals surface area contributed by atoms with Crippen molar-refractivity contribution in [3.63, 3.8) is 0 Å². The van der Waals surface area contributed by atoms with Gasteiger partial charge < -0.3 is 14.4 Å². The SMILES string of the molecule is COc1cc(Cl)cc(CN(C)[C@@H]2CCN(C)C2)c1OC. The van der Waals surface area contributed by atoms with Crippen LogP contribution in [0.1, 0.15) is 12.0 Å². The molecule has 5 heteroatoms. The van der Waals surface area contributed by atoms with Crippen LogP contribution in [0, 0.1) is 0 Å². The van der Waals surface area contributed by atoms with Gasteiger partial charge in [-0.2, -0.15) is 0 Å². The molecule has 0 aliphatic carbocycles. The zero-order valence-corrected chi connectivity index (χ0v) is 13.4. The van der Waals surface area contributed by atoms with Gasteiger partial charge in [-0.3, -0.25) is 4.90 Å². The number of benzene rings is 1. The first-order chi connectivity index (χ1) is 9.55. The van der Waals surface area contributed by atoms with Crippen molar-refractivity contribution in [2.75, 3.05) is 41.4 Å². The Labute approximate surface area is 126 Å². The maximum absolute atomic E-state index is 6.16. The molecule has 1 saturated heterocycles. The maximum Gasteiger partial charge on any atom is 0.165 e. The summed E-state index contributed by atoms with van der Waals surface area (Å²) < 4.78 is 10.8. The first kappa shape index (κ1) is 15.4. The molecule has 0 spiro atoms. The van der Waals surface area contributed by atoms with E-state index in [1.54, 1.807) is 20.3 Å². The normalized spacial score (nSPS) is 19.6. The van der Waals surface area contributed by atoms with Crippen LogP contribution in [-0.2, 0) is 6.54 Å². The number of ether oxygens (including phenoxy) is 2. The maximum atomic E-state index is 6.16. The molecule has 1 fully saturated rings. The second-order valence-corrected chi connectivity index (χ2v) is 5.86. The molecule has 0 radical (unpaired) electrons. The molecule has 1 aromatic carbocycles. The Hall–Kier alpha value is -0.970. The van der Waals surface area contributed by atoms with Crippen molar-refractivity contribution in [1.82, 2.24) is 9.80 Å². The van der Waals surface area contributed by atoms with Crippen LogP contribution in [0.2, 0.25) is 5.02 Å². The van der Waals surface area contributed by atoms with Gasteiger partial charge in [-0.25, -0.2) is 0 Å². The minimum absolute atomic E-state index is 0.578. The standard InChI is InChI=1S/C15H23ClN2O2/c1-17-6-5-13(10-17)18(2)9-11-7-12(16)8-14(19-3)15(11)20-4/h7-8,13H,5-6,9-10H2,1-4H3/t13-/m1/s1. The summed E-state index contributed by atoms with van der Waals surface area (Å²) in [5.74, 6) is 1.46. The van der Waals surface area contributed by atoms with E-state index in [-0.39, 0.29) is 0 Å². The summed E-state index contributed by atoms with van der Waals surface area (Å²) in [6.07, 6.45) is 1.20. The molecule has 1 aromatic rings. The van der Waals surface area contributed by atoms with Crippen LogP contribution in [0.4, 0.5) is 0 Å². The lowest BCUT2D eigenvalue weighted by Crippen LogP contribution is -2.33. The lowest BCUT2D eigenvalue weighted by molar-refractivity contribution is 0.230. The van der Waals surface area contributed by atoms with Crippen molar-refractivity contribution in [1.29, 1.82) is 0 Å². The Bertz CT molecular complexity index is 467. The number of methoxy groups -OCH3 is 2. The number of hydrogen-bond donors (Lipinski definition) is 0. The Balaban J connectivity index is 2.17. The van der Waals surface area contributed by atoms with E-state index in [4.69, 9.17) is 21.1 Å². The van der Waals surface area contributed by atoms with Gasteiger partial charge in [-0.05, 0) is 33.1 Å². The molecule has 1 aliphatic rings. The van der Waals surface area contributed by atoms with Gasteiger partial charge in [0, 0.05) is 35.8 Å². The molecule has 1 aliphatic heterocycles. The van der Waals surface area contributed by atoms with Gasteiger partial charge >= 0.3 is 0 Å². The summed E-state index contributed by atoms with van der Waals surface area (Å²) in [6.45, 7) is 3.07. The second-order valence-electron chi connectivity index (χ2n) is 5.42. The molecule has 20 heavy (non-hydrogen) atoms. The van der Waals surface area contributed by atoms with E-state index in [1.165, 1.54) is 6.42 Å². The lowest BCUT2D eigenvalue weighted by atomic mass is 10.1. The minimum atomic E-state index is 0.578. The Morgan fingerprint density at radius 1 is 1.35 bits per heavy atom. The average molecular weight is 299 g/mol. The highest BCUT2D eigenvalue weighted by Gasteiger charge is 2.24. The molecule has 0 N–H and O–H groups in total. The van der Waals surface area contributed by atoms with E-state index < -0.39 is 0 Å². The largest absolute Gasteiger partial charge is 0.493 e. The molecule has 0 unspecified atom stereocenters. The van der Waals surface area contributed by atoms with Crippen LogP contribution >= 0.6 is 11.6 Å². The van der Waals surface area contributed by atoms with E-state index >= 15 is 0 Å². The van der Waals surface area contributed by atoms with Gasteiger partial charge in [0.1, 0.15) is 0 Å². The van der Waals surface area contributed by atoms with Gasteiger partial charge in [-0.1, -0.05) is 11.6 Å². The van der Waals surface area contributed by atoms with E-state index in [1.807, 2.05) is 6.07 Å². The highest BCUT2D eigenvalue weighted by Crippen LogP contribution is 2.35. The number of likely N-dealkylation sites (N-methyl/N-ethyl adjacent to an activating group) is 2. The van der Waals surface area contributed by atoms with Crippen molar-refractivity contribution in [3.8, 4) is 11.5 Å². The zero-order valence-electron chi connectivity index (χ0n) is 12.6. The third-order valence-electron chi connectivity index (χ3n) is 3.93. The fraction of sp³-hybridized carbons (Fsp3) is 0.600. The third-order valence-corrected chi connectivity index (χ3v) is 4.15. The predicted octanol–water partition coefficient (Wildman–Crippen LogP) is 2.49. The van der Waals surface area contributed by atoms with E-state index in [2.05, 4.69) is 23.9 Å². The van der Waals surface area contributed by atoms with Gasteiger partial charge in [0.05, 0.1) is 14.2 Å². The highest BCUT2D eigenvalue weighted by atomic mass is 35.5. The van der Waals surface area contributed by atoms with Crippen molar-refractivity contribution in [3.05, 3.63) is 22.7 Å². The fourth-order valence-electron chi connectivity index (χ4n) is 2.79. The lowest BCUT2D eigenvalue weighted by Gasteiger charge is -2.25. The van der Waals surface area contributed by atoms with Crippen molar-refractivity contribution in [2.24, 2.45) is 0 Å². The number of hydrogen-bond acceptors (Lipinski definition) is 4. The Kier molecular flexibility index (Phi) is 5.13. The molecule has 2 rings (SSSR count). The molecular formula is C15H23ClN2O2. The molecular weight excluding hydrogens is 276 g/mol. The summed E-state index contributed by atoms with van der Waals surface area (Å²) in [5, 5.41) is 0.676. The van der Waals surface area contributed by atoms with Gasteiger partial charge in [0.25, 0.3) is 0 Å². The number of halogens is 1. The zero-order chi connectivity index (χ0) is 14.7. The fourth-order valence-corrected chi connectivity index (χ4v) is 3.02. The molecule has 1 atom stereocenters. The van der Waals surface area contributed by atoms with E-state index in [0.29, 0.717) is 16.8 Å². The van der Waals surface area contributed by atoms with Crippen LogP contribution in [0.5, 0.6) is 11.5 Å². The van der Waals surface area contributed by atoms with Gasteiger partial charge in [-0.15, -0.1) is 0 Å². The van der Waals surface area contributed by atoms with E-state index in [0.717, 1.165) is 30.9 Å². The summed E-state index contributed by atoms with van der Waals surface area (Å²) >= 11 is 6.16. The molecule has 112 valence electrons. The first-order valence-corrected chi connectivity index (χ1v) is 7.22. The van der Waals surface area contributed by atoms with Crippen LogP contribution < -0.4 is 9.47 Å². The summed E-state index contributed by atoms with van der Waals surface area (Å²) in [7, 11) is 7.61. The molecule has 0 amide bonds. The smallest absolute Gasteiger partial charge is 0.165 e. The van der Waals surface area contributed by atoms with Crippen LogP contribution in [0.15, 0.2) is 12.1 Å². The topological polar surface area (TPSA) is 24.9 Å². The van der Waals surface area contributed by atoms with Crippen LogP contribution in [0.25, 0.3) is 0 Å². The summed E-state index contributed by atoms with van der Waals surface area (Å²) in [4.78, 5) is 4.72. The minimum Gasteiger partial charge on any atom is -0.493 e. The van der Waals surface area contributed by atoms with Crippen molar-refractivity contribution >= 4 is 11.6 Å². The molecule has 0 bridgehead atoms. The molecule has 0 saturated carbocycles.